The highest BCUT2D eigenvalue weighted by molar-refractivity contribution is 5.82. The maximum atomic E-state index is 12.8. The number of likely N-dealkylation sites (tertiary alicyclic amines) is 1. The Hall–Kier alpha value is -1.48. The molecule has 2 amide bonds. The second-order valence-electron chi connectivity index (χ2n) is 4.70. The molecule has 2 atom stereocenters. The van der Waals surface area contributed by atoms with Crippen LogP contribution in [0.3, 0.4) is 0 Å². The molecule has 0 aromatic rings. The van der Waals surface area contributed by atoms with Crippen LogP contribution in [-0.2, 0) is 9.59 Å². The van der Waals surface area contributed by atoms with Gasteiger partial charge in [0.2, 0.25) is 5.91 Å². The van der Waals surface area contributed by atoms with Crippen molar-refractivity contribution in [2.75, 3.05) is 6.54 Å². The van der Waals surface area contributed by atoms with Crippen molar-refractivity contribution in [3.05, 3.63) is 0 Å². The molecule has 4 nitrogen and oxygen atoms in total. The Morgan fingerprint density at radius 1 is 1.14 bits per heavy atom. The van der Waals surface area contributed by atoms with E-state index >= 15 is 0 Å². The van der Waals surface area contributed by atoms with Gasteiger partial charge in [-0.1, -0.05) is 6.92 Å². The Labute approximate surface area is 116 Å². The predicted molar refractivity (Wildman–Crippen MR) is 59.1 cm³/mol. The van der Waals surface area contributed by atoms with Gasteiger partial charge in [0.15, 0.2) is 0 Å². The lowest BCUT2D eigenvalue weighted by Crippen LogP contribution is -2.59. The van der Waals surface area contributed by atoms with E-state index in [0.717, 1.165) is 0 Å². The maximum absolute atomic E-state index is 12.8. The molecule has 1 aliphatic heterocycles. The molecule has 1 aliphatic rings. The van der Waals surface area contributed by atoms with E-state index in [1.807, 2.05) is 0 Å². The van der Waals surface area contributed by atoms with Gasteiger partial charge in [-0.05, 0) is 12.8 Å². The van der Waals surface area contributed by atoms with E-state index in [-0.39, 0.29) is 12.8 Å². The molecule has 0 radical (unpaired) electrons. The molecular formula is C11H14F6N2O2. The van der Waals surface area contributed by atoms with Crippen LogP contribution in [0.15, 0.2) is 0 Å². The van der Waals surface area contributed by atoms with Gasteiger partial charge in [-0.2, -0.15) is 26.3 Å². The fraction of sp³-hybridized carbons (Fsp3) is 0.818. The molecule has 0 aromatic heterocycles. The Balaban J connectivity index is 2.80. The first-order valence-corrected chi connectivity index (χ1v) is 6.20. The first-order chi connectivity index (χ1) is 9.46. The number of piperidine rings is 1. The highest BCUT2D eigenvalue weighted by Gasteiger charge is 2.48. The Morgan fingerprint density at radius 3 is 2.14 bits per heavy atom. The summed E-state index contributed by atoms with van der Waals surface area (Å²) in [7, 11) is 0. The summed E-state index contributed by atoms with van der Waals surface area (Å²) in [6.07, 6.45) is -10.8. The van der Waals surface area contributed by atoms with Crippen molar-refractivity contribution in [2.24, 2.45) is 0 Å². The van der Waals surface area contributed by atoms with Gasteiger partial charge in [-0.15, -0.1) is 0 Å². The molecule has 10 heteroatoms. The zero-order valence-corrected chi connectivity index (χ0v) is 11.0. The van der Waals surface area contributed by atoms with Crippen LogP contribution >= 0.6 is 0 Å². The molecule has 21 heavy (non-hydrogen) atoms. The number of rotatable bonds is 2. The van der Waals surface area contributed by atoms with E-state index in [4.69, 9.17) is 0 Å². The number of hydrogen-bond donors (Lipinski definition) is 1. The van der Waals surface area contributed by atoms with Gasteiger partial charge < -0.3 is 10.2 Å². The topological polar surface area (TPSA) is 49.4 Å². The third-order valence-corrected chi connectivity index (χ3v) is 3.18. The monoisotopic (exact) mass is 320 g/mol. The number of halogens is 6. The molecule has 1 heterocycles. The molecule has 0 aliphatic carbocycles. The molecular weight excluding hydrogens is 306 g/mol. The number of nitrogens with zero attached hydrogens (tertiary/aromatic N) is 1. The summed E-state index contributed by atoms with van der Waals surface area (Å²) in [6.45, 7) is 0.770. The Bertz CT molecular complexity index is 406. The predicted octanol–water partition coefficient (Wildman–Crippen LogP) is 2.00. The molecule has 0 unspecified atom stereocenters. The Kier molecular flexibility index (Phi) is 5.11. The normalized spacial score (nSPS) is 23.9. The second kappa shape index (κ2) is 6.10. The highest BCUT2D eigenvalue weighted by Crippen LogP contribution is 2.32. The van der Waals surface area contributed by atoms with Crippen molar-refractivity contribution >= 4 is 11.8 Å². The minimum atomic E-state index is -5.11. The third-order valence-electron chi connectivity index (χ3n) is 3.18. The first-order valence-electron chi connectivity index (χ1n) is 6.20. The zero-order valence-electron chi connectivity index (χ0n) is 11.0. The van der Waals surface area contributed by atoms with Gasteiger partial charge in [-0.3, -0.25) is 9.59 Å². The molecule has 0 bridgehead atoms. The average molecular weight is 320 g/mol. The highest BCUT2D eigenvalue weighted by atomic mass is 19.4. The lowest BCUT2D eigenvalue weighted by atomic mass is 9.97. The molecule has 1 N–H and O–H groups in total. The summed E-state index contributed by atoms with van der Waals surface area (Å²) >= 11 is 0. The minimum absolute atomic E-state index is 0.202. The van der Waals surface area contributed by atoms with Gasteiger partial charge in [0.05, 0.1) is 0 Å². The molecule has 0 aromatic carbocycles. The maximum Gasteiger partial charge on any atom is 0.471 e. The summed E-state index contributed by atoms with van der Waals surface area (Å²) < 4.78 is 74.8. The van der Waals surface area contributed by atoms with Crippen molar-refractivity contribution in [1.82, 2.24) is 10.2 Å². The van der Waals surface area contributed by atoms with Crippen LogP contribution < -0.4 is 5.32 Å². The van der Waals surface area contributed by atoms with Crippen molar-refractivity contribution in [3.63, 3.8) is 0 Å². The van der Waals surface area contributed by atoms with Crippen molar-refractivity contribution in [1.29, 1.82) is 0 Å². The van der Waals surface area contributed by atoms with E-state index in [1.54, 1.807) is 5.32 Å². The van der Waals surface area contributed by atoms with E-state index in [0.29, 0.717) is 4.90 Å². The summed E-state index contributed by atoms with van der Waals surface area (Å²) in [6, 6.07) is -3.17. The molecule has 1 rings (SSSR count). The number of carbonyl (C=O) groups is 2. The zero-order chi connectivity index (χ0) is 16.4. The van der Waals surface area contributed by atoms with Crippen LogP contribution in [0.25, 0.3) is 0 Å². The van der Waals surface area contributed by atoms with E-state index in [9.17, 15) is 35.9 Å². The number of alkyl halides is 6. The van der Waals surface area contributed by atoms with Crippen molar-refractivity contribution in [2.45, 2.75) is 50.6 Å². The molecule has 1 saturated heterocycles. The minimum Gasteiger partial charge on any atom is -0.344 e. The second-order valence-corrected chi connectivity index (χ2v) is 4.70. The smallest absolute Gasteiger partial charge is 0.344 e. The Morgan fingerprint density at radius 2 is 1.71 bits per heavy atom. The standard InChI is InChI=1S/C11H14F6N2O2/c1-2-8(20)19-5-6(18-9(21)11(15,16)17)3-4-7(19)10(12,13)14/h6-7H,2-5H2,1H3,(H,18,21)/t6-,7+/m1/s1. The van der Waals surface area contributed by atoms with Crippen LogP contribution in [0, 0.1) is 0 Å². The van der Waals surface area contributed by atoms with Gasteiger partial charge >= 0.3 is 18.3 Å². The van der Waals surface area contributed by atoms with Gasteiger partial charge in [0.1, 0.15) is 6.04 Å². The van der Waals surface area contributed by atoms with E-state index in [2.05, 4.69) is 0 Å². The quantitative estimate of drug-likeness (QED) is 0.791. The van der Waals surface area contributed by atoms with Crippen LogP contribution in [0.5, 0.6) is 0 Å². The van der Waals surface area contributed by atoms with Crippen molar-refractivity contribution in [3.8, 4) is 0 Å². The first kappa shape index (κ1) is 17.6. The van der Waals surface area contributed by atoms with Gasteiger partial charge in [0, 0.05) is 19.0 Å². The van der Waals surface area contributed by atoms with Gasteiger partial charge in [-0.25, -0.2) is 0 Å². The lowest BCUT2D eigenvalue weighted by molar-refractivity contribution is -0.198. The van der Waals surface area contributed by atoms with Crippen molar-refractivity contribution < 1.29 is 35.9 Å². The van der Waals surface area contributed by atoms with E-state index in [1.165, 1.54) is 6.92 Å². The molecule has 0 spiro atoms. The van der Waals surface area contributed by atoms with Crippen LogP contribution in [0.2, 0.25) is 0 Å². The number of carbonyl (C=O) groups excluding carboxylic acids is 2. The fourth-order valence-corrected chi connectivity index (χ4v) is 2.17. The lowest BCUT2D eigenvalue weighted by Gasteiger charge is -2.40. The summed E-state index contributed by atoms with van der Waals surface area (Å²) in [5.41, 5.74) is 0. The average Bonchev–Trinajstić information content (AvgIpc) is 2.35. The van der Waals surface area contributed by atoms with Crippen LogP contribution in [-0.4, -0.2) is 47.7 Å². The summed E-state index contributed by atoms with van der Waals surface area (Å²) in [5.74, 6) is -3.04. The van der Waals surface area contributed by atoms with E-state index < -0.39 is 49.2 Å². The number of hydrogen-bond acceptors (Lipinski definition) is 2. The molecule has 0 saturated carbocycles. The fourth-order valence-electron chi connectivity index (χ4n) is 2.17. The van der Waals surface area contributed by atoms with Crippen LogP contribution in [0.4, 0.5) is 26.3 Å². The van der Waals surface area contributed by atoms with Crippen LogP contribution in [0.1, 0.15) is 26.2 Å². The SMILES string of the molecule is CCC(=O)N1C[C@H](NC(=O)C(F)(F)F)CC[C@H]1C(F)(F)F. The molecule has 122 valence electrons. The van der Waals surface area contributed by atoms with Gasteiger partial charge in [0.25, 0.3) is 0 Å². The number of nitrogens with one attached hydrogen (secondary N) is 1. The summed E-state index contributed by atoms with van der Waals surface area (Å²) in [5, 5.41) is 1.61. The third kappa shape index (κ3) is 4.50. The number of amides is 2. The summed E-state index contributed by atoms with van der Waals surface area (Å²) in [4.78, 5) is 22.8. The largest absolute Gasteiger partial charge is 0.471 e. The molecule has 1 fully saturated rings.